The minimum Gasteiger partial charge on any atom is -0.349 e. The van der Waals surface area contributed by atoms with Gasteiger partial charge in [-0.25, -0.2) is 0 Å². The fourth-order valence-corrected chi connectivity index (χ4v) is 2.33. The van der Waals surface area contributed by atoms with Crippen LogP contribution in [-0.2, 0) is 4.79 Å². The minimum absolute atomic E-state index is 0.0626. The third-order valence-corrected chi connectivity index (χ3v) is 3.15. The van der Waals surface area contributed by atoms with E-state index in [0.717, 1.165) is 6.42 Å². The van der Waals surface area contributed by atoms with E-state index in [1.54, 1.807) is 0 Å². The number of hydrogen-bond acceptors (Lipinski definition) is 1. The summed E-state index contributed by atoms with van der Waals surface area (Å²) in [6, 6.07) is 0.258. The van der Waals surface area contributed by atoms with Gasteiger partial charge in [0.1, 0.15) is 0 Å². The van der Waals surface area contributed by atoms with Crippen molar-refractivity contribution in [2.75, 3.05) is 0 Å². The van der Waals surface area contributed by atoms with Gasteiger partial charge in [0.2, 0.25) is 5.91 Å². The largest absolute Gasteiger partial charge is 0.349 e. The Morgan fingerprint density at radius 2 is 2.00 bits per heavy atom. The molecule has 1 aliphatic rings. The third-order valence-electron chi connectivity index (χ3n) is 3.15. The number of rotatable bonds is 5. The molecule has 0 aliphatic heterocycles. The molecule has 2 nitrogen and oxygen atoms in total. The van der Waals surface area contributed by atoms with Crippen LogP contribution in [-0.4, -0.2) is 11.9 Å². The number of nitrogens with one attached hydrogen (secondary N) is 1. The fraction of sp³-hybridized carbons (Fsp3) is 0.615. The van der Waals surface area contributed by atoms with E-state index >= 15 is 0 Å². The highest BCUT2D eigenvalue weighted by Crippen LogP contribution is 2.27. The Hall–Kier alpha value is -1.05. The highest BCUT2D eigenvalue weighted by atomic mass is 16.1. The van der Waals surface area contributed by atoms with Gasteiger partial charge in [-0.2, -0.15) is 0 Å². The number of carbonyl (C=O) groups excluding carboxylic acids is 1. The van der Waals surface area contributed by atoms with Crippen LogP contribution in [0.15, 0.2) is 25.3 Å². The topological polar surface area (TPSA) is 29.1 Å². The Balaban J connectivity index is 2.50. The monoisotopic (exact) mass is 207 g/mol. The normalized spacial score (nSPS) is 19.2. The van der Waals surface area contributed by atoms with Crippen LogP contribution < -0.4 is 5.32 Å². The Morgan fingerprint density at radius 1 is 1.33 bits per heavy atom. The summed E-state index contributed by atoms with van der Waals surface area (Å²) in [6.07, 6.45) is 10.5. The van der Waals surface area contributed by atoms with Crippen LogP contribution in [0.1, 0.15) is 38.5 Å². The fourth-order valence-electron chi connectivity index (χ4n) is 2.33. The van der Waals surface area contributed by atoms with Gasteiger partial charge in [-0.15, -0.1) is 6.58 Å². The molecule has 0 unspecified atom stereocenters. The molecule has 1 fully saturated rings. The van der Waals surface area contributed by atoms with Crippen molar-refractivity contribution in [2.24, 2.45) is 5.92 Å². The van der Waals surface area contributed by atoms with Gasteiger partial charge in [-0.1, -0.05) is 31.9 Å². The lowest BCUT2D eigenvalue weighted by Gasteiger charge is -2.30. The van der Waals surface area contributed by atoms with Crippen LogP contribution in [0.5, 0.6) is 0 Å². The molecule has 1 amide bonds. The van der Waals surface area contributed by atoms with E-state index in [1.807, 2.05) is 6.08 Å². The van der Waals surface area contributed by atoms with Gasteiger partial charge in [-0.3, -0.25) is 4.79 Å². The van der Waals surface area contributed by atoms with E-state index in [-0.39, 0.29) is 11.9 Å². The van der Waals surface area contributed by atoms with Crippen molar-refractivity contribution in [2.45, 2.75) is 44.6 Å². The first-order valence-corrected chi connectivity index (χ1v) is 5.81. The minimum atomic E-state index is -0.0626. The number of amides is 1. The van der Waals surface area contributed by atoms with E-state index < -0.39 is 0 Å². The van der Waals surface area contributed by atoms with Crippen LogP contribution in [0.4, 0.5) is 0 Å². The molecule has 1 saturated carbocycles. The Morgan fingerprint density at radius 3 is 2.53 bits per heavy atom. The predicted molar refractivity (Wildman–Crippen MR) is 63.5 cm³/mol. The average Bonchev–Trinajstić information content (AvgIpc) is 2.29. The molecule has 0 spiro atoms. The summed E-state index contributed by atoms with van der Waals surface area (Å²) in [6.45, 7) is 7.23. The molecule has 0 radical (unpaired) electrons. The molecule has 1 atom stereocenters. The Labute approximate surface area is 92.4 Å². The number of carbonyl (C=O) groups is 1. The van der Waals surface area contributed by atoms with E-state index in [1.165, 1.54) is 38.2 Å². The lowest BCUT2D eigenvalue weighted by Crippen LogP contribution is -2.39. The summed E-state index contributed by atoms with van der Waals surface area (Å²) in [4.78, 5) is 11.3. The molecule has 1 N–H and O–H groups in total. The van der Waals surface area contributed by atoms with Gasteiger partial charge in [0.05, 0.1) is 0 Å². The van der Waals surface area contributed by atoms with Crippen LogP contribution in [0.25, 0.3) is 0 Å². The summed E-state index contributed by atoms with van der Waals surface area (Å²) in [5.74, 6) is 0.563. The van der Waals surface area contributed by atoms with Crippen LogP contribution in [0.2, 0.25) is 0 Å². The summed E-state index contributed by atoms with van der Waals surface area (Å²) in [5, 5.41) is 3.01. The number of hydrogen-bond donors (Lipinski definition) is 1. The molecular weight excluding hydrogens is 186 g/mol. The molecule has 0 bridgehead atoms. The van der Waals surface area contributed by atoms with Crippen LogP contribution in [0, 0.1) is 5.92 Å². The molecule has 0 aromatic rings. The van der Waals surface area contributed by atoms with Crippen molar-refractivity contribution >= 4 is 5.91 Å². The van der Waals surface area contributed by atoms with Gasteiger partial charge in [0.25, 0.3) is 0 Å². The maximum atomic E-state index is 11.3. The van der Waals surface area contributed by atoms with Gasteiger partial charge in [0.15, 0.2) is 0 Å². The van der Waals surface area contributed by atoms with Crippen molar-refractivity contribution in [3.8, 4) is 0 Å². The van der Waals surface area contributed by atoms with Gasteiger partial charge < -0.3 is 5.32 Å². The molecule has 84 valence electrons. The van der Waals surface area contributed by atoms with E-state index in [2.05, 4.69) is 18.5 Å². The summed E-state index contributed by atoms with van der Waals surface area (Å²) in [7, 11) is 0. The zero-order valence-electron chi connectivity index (χ0n) is 9.37. The maximum Gasteiger partial charge on any atom is 0.243 e. The maximum absolute atomic E-state index is 11.3. The summed E-state index contributed by atoms with van der Waals surface area (Å²) < 4.78 is 0. The lowest BCUT2D eigenvalue weighted by molar-refractivity contribution is -0.117. The molecule has 0 saturated heterocycles. The van der Waals surface area contributed by atoms with Crippen molar-refractivity contribution in [1.82, 2.24) is 5.32 Å². The van der Waals surface area contributed by atoms with Crippen LogP contribution in [0.3, 0.4) is 0 Å². The second kappa shape index (κ2) is 6.44. The van der Waals surface area contributed by atoms with Gasteiger partial charge in [0, 0.05) is 6.04 Å². The molecule has 0 aromatic carbocycles. The molecule has 1 rings (SSSR count). The van der Waals surface area contributed by atoms with Crippen molar-refractivity contribution in [1.29, 1.82) is 0 Å². The molecule has 2 heteroatoms. The van der Waals surface area contributed by atoms with Crippen molar-refractivity contribution in [3.63, 3.8) is 0 Å². The summed E-state index contributed by atoms with van der Waals surface area (Å²) >= 11 is 0. The smallest absolute Gasteiger partial charge is 0.243 e. The first-order valence-electron chi connectivity index (χ1n) is 5.81. The SMILES string of the molecule is C=CC[C@H](NC(=O)C=C)C1CCCCC1. The first-order chi connectivity index (χ1) is 7.27. The first kappa shape index (κ1) is 12.0. The second-order valence-corrected chi connectivity index (χ2v) is 4.24. The highest BCUT2D eigenvalue weighted by molar-refractivity contribution is 5.87. The Kier molecular flexibility index (Phi) is 5.16. The molecule has 1 aliphatic carbocycles. The van der Waals surface area contributed by atoms with Crippen molar-refractivity contribution < 1.29 is 4.79 Å². The molecule has 0 aromatic heterocycles. The van der Waals surface area contributed by atoms with Gasteiger partial charge in [-0.05, 0) is 31.3 Å². The van der Waals surface area contributed by atoms with Crippen LogP contribution >= 0.6 is 0 Å². The predicted octanol–water partition coefficient (Wildman–Crippen LogP) is 2.81. The van der Waals surface area contributed by atoms with E-state index in [0.29, 0.717) is 5.92 Å². The standard InChI is InChI=1S/C13H21NO/c1-3-8-12(14-13(15)4-2)11-9-6-5-7-10-11/h3-4,11-12H,1-2,5-10H2,(H,14,15)/t12-/m0/s1. The molecule has 15 heavy (non-hydrogen) atoms. The molecule has 0 heterocycles. The average molecular weight is 207 g/mol. The molecular formula is C13H21NO. The van der Waals surface area contributed by atoms with Gasteiger partial charge >= 0.3 is 0 Å². The van der Waals surface area contributed by atoms with E-state index in [4.69, 9.17) is 0 Å². The summed E-state index contributed by atoms with van der Waals surface area (Å²) in [5.41, 5.74) is 0. The highest BCUT2D eigenvalue weighted by Gasteiger charge is 2.23. The quantitative estimate of drug-likeness (QED) is 0.545. The lowest BCUT2D eigenvalue weighted by atomic mass is 9.82. The second-order valence-electron chi connectivity index (χ2n) is 4.24. The zero-order chi connectivity index (χ0) is 11.1. The van der Waals surface area contributed by atoms with Crippen molar-refractivity contribution in [3.05, 3.63) is 25.3 Å². The Bertz CT molecular complexity index is 229. The third kappa shape index (κ3) is 3.90. The zero-order valence-corrected chi connectivity index (χ0v) is 9.37. The van der Waals surface area contributed by atoms with E-state index in [9.17, 15) is 4.79 Å².